The molecule has 3 heteroatoms. The Balaban J connectivity index is 1.64. The summed E-state index contributed by atoms with van der Waals surface area (Å²) in [5, 5.41) is 20.2. The summed E-state index contributed by atoms with van der Waals surface area (Å²) < 4.78 is 0. The van der Waals surface area contributed by atoms with E-state index in [1.54, 1.807) is 0 Å². The van der Waals surface area contributed by atoms with E-state index in [0.29, 0.717) is 41.9 Å². The zero-order valence-corrected chi connectivity index (χ0v) is 13.9. The SMILES string of the molecule is C[C@]12CC[C@H]3[C@@H](CCC4CC(O)C(=O)C[C@@]43C)[C@@H]1C[C@@H](O)C2. The summed E-state index contributed by atoms with van der Waals surface area (Å²) in [7, 11) is 0. The van der Waals surface area contributed by atoms with E-state index in [9.17, 15) is 15.0 Å². The topological polar surface area (TPSA) is 57.5 Å². The smallest absolute Gasteiger partial charge is 0.161 e. The molecule has 0 heterocycles. The molecule has 124 valence electrons. The molecule has 22 heavy (non-hydrogen) atoms. The summed E-state index contributed by atoms with van der Waals surface area (Å²) in [4.78, 5) is 12.2. The second kappa shape index (κ2) is 4.80. The Labute approximate surface area is 133 Å². The molecule has 4 fully saturated rings. The van der Waals surface area contributed by atoms with Crippen LogP contribution in [0.25, 0.3) is 0 Å². The molecule has 0 amide bonds. The Morgan fingerprint density at radius 1 is 1.05 bits per heavy atom. The van der Waals surface area contributed by atoms with Gasteiger partial charge in [-0.3, -0.25) is 4.79 Å². The summed E-state index contributed by atoms with van der Waals surface area (Å²) >= 11 is 0. The number of carbonyl (C=O) groups excluding carboxylic acids is 1. The van der Waals surface area contributed by atoms with Crippen LogP contribution in [0.4, 0.5) is 0 Å². The lowest BCUT2D eigenvalue weighted by Gasteiger charge is -2.59. The van der Waals surface area contributed by atoms with Crippen LogP contribution in [0.15, 0.2) is 0 Å². The highest BCUT2D eigenvalue weighted by Crippen LogP contribution is 2.65. The van der Waals surface area contributed by atoms with E-state index in [1.807, 2.05) is 0 Å². The number of carbonyl (C=O) groups is 1. The van der Waals surface area contributed by atoms with E-state index in [2.05, 4.69) is 13.8 Å². The van der Waals surface area contributed by atoms with Crippen molar-refractivity contribution in [2.75, 3.05) is 0 Å². The standard InChI is InChI=1S/C19H30O3/c1-18-6-5-14-13(15(18)8-12(20)9-18)4-3-11-7-16(21)17(22)10-19(11,14)2/h11-16,20-21H,3-10H2,1-2H3/t11?,12-,13-,14+,15+,16?,18-,19+/m1/s1. The van der Waals surface area contributed by atoms with E-state index in [0.717, 1.165) is 19.3 Å². The maximum atomic E-state index is 12.2. The lowest BCUT2D eigenvalue weighted by Crippen LogP contribution is -2.55. The van der Waals surface area contributed by atoms with Crippen LogP contribution in [0.1, 0.15) is 65.2 Å². The monoisotopic (exact) mass is 306 g/mol. The van der Waals surface area contributed by atoms with Gasteiger partial charge in [-0.05, 0) is 79.4 Å². The molecule has 2 unspecified atom stereocenters. The molecule has 0 aromatic heterocycles. The van der Waals surface area contributed by atoms with Crippen molar-refractivity contribution in [2.45, 2.75) is 77.4 Å². The molecule has 0 aliphatic heterocycles. The van der Waals surface area contributed by atoms with Gasteiger partial charge in [0.05, 0.1) is 6.10 Å². The van der Waals surface area contributed by atoms with Crippen molar-refractivity contribution in [1.82, 2.24) is 0 Å². The predicted octanol–water partition coefficient (Wildman–Crippen LogP) is 2.93. The highest BCUT2D eigenvalue weighted by atomic mass is 16.3. The van der Waals surface area contributed by atoms with Crippen LogP contribution >= 0.6 is 0 Å². The summed E-state index contributed by atoms with van der Waals surface area (Å²) in [6.45, 7) is 4.71. The molecular formula is C19H30O3. The number of hydrogen-bond donors (Lipinski definition) is 2. The second-order valence-electron chi connectivity index (χ2n) is 9.34. The molecule has 0 saturated heterocycles. The minimum absolute atomic E-state index is 0.0687. The number of aliphatic hydroxyl groups excluding tert-OH is 2. The molecule has 0 aromatic rings. The average Bonchev–Trinajstić information content (AvgIpc) is 2.75. The van der Waals surface area contributed by atoms with Crippen LogP contribution in [0.5, 0.6) is 0 Å². The molecule has 4 aliphatic carbocycles. The van der Waals surface area contributed by atoms with Crippen molar-refractivity contribution in [3.8, 4) is 0 Å². The van der Waals surface area contributed by atoms with Crippen LogP contribution in [-0.4, -0.2) is 28.2 Å². The summed E-state index contributed by atoms with van der Waals surface area (Å²) in [6.07, 6.45) is 7.17. The van der Waals surface area contributed by atoms with Crippen LogP contribution in [0, 0.1) is 34.5 Å². The van der Waals surface area contributed by atoms with Gasteiger partial charge in [0, 0.05) is 6.42 Å². The Hall–Kier alpha value is -0.410. The molecule has 2 N–H and O–H groups in total. The first-order valence-corrected chi connectivity index (χ1v) is 9.22. The van der Waals surface area contributed by atoms with Gasteiger partial charge >= 0.3 is 0 Å². The van der Waals surface area contributed by atoms with E-state index < -0.39 is 6.10 Å². The summed E-state index contributed by atoms with van der Waals surface area (Å²) in [5.41, 5.74) is 0.413. The van der Waals surface area contributed by atoms with Crippen molar-refractivity contribution in [3.63, 3.8) is 0 Å². The zero-order chi connectivity index (χ0) is 15.7. The van der Waals surface area contributed by atoms with Crippen molar-refractivity contribution >= 4 is 5.78 Å². The Morgan fingerprint density at radius 2 is 1.82 bits per heavy atom. The Bertz CT molecular complexity index is 489. The molecule has 0 spiro atoms. The zero-order valence-electron chi connectivity index (χ0n) is 13.9. The Kier molecular flexibility index (Phi) is 3.30. The third kappa shape index (κ3) is 1.97. The third-order valence-electron chi connectivity index (χ3n) is 8.25. The largest absolute Gasteiger partial charge is 0.393 e. The predicted molar refractivity (Wildman–Crippen MR) is 84.1 cm³/mol. The number of ketones is 1. The number of fused-ring (bicyclic) bond motifs is 5. The van der Waals surface area contributed by atoms with E-state index in [4.69, 9.17) is 0 Å². The highest BCUT2D eigenvalue weighted by molar-refractivity contribution is 5.84. The number of aliphatic hydroxyl groups is 2. The van der Waals surface area contributed by atoms with E-state index in [-0.39, 0.29) is 17.3 Å². The molecule has 4 saturated carbocycles. The van der Waals surface area contributed by atoms with Crippen molar-refractivity contribution in [3.05, 3.63) is 0 Å². The first kappa shape index (κ1) is 15.1. The van der Waals surface area contributed by atoms with E-state index in [1.165, 1.54) is 19.3 Å². The normalized spacial score (nSPS) is 57.9. The van der Waals surface area contributed by atoms with Gasteiger partial charge in [0.2, 0.25) is 0 Å². The first-order valence-electron chi connectivity index (χ1n) is 9.22. The number of hydrogen-bond acceptors (Lipinski definition) is 3. The summed E-state index contributed by atoms with van der Waals surface area (Å²) in [5.74, 6) is 2.52. The second-order valence-corrected chi connectivity index (χ2v) is 9.34. The molecule has 0 aromatic carbocycles. The lowest BCUT2D eigenvalue weighted by atomic mass is 9.45. The maximum Gasteiger partial charge on any atom is 0.161 e. The summed E-state index contributed by atoms with van der Waals surface area (Å²) in [6, 6.07) is 0. The van der Waals surface area contributed by atoms with Gasteiger partial charge in [-0.15, -0.1) is 0 Å². The minimum atomic E-state index is -0.711. The molecule has 3 nitrogen and oxygen atoms in total. The van der Waals surface area contributed by atoms with Gasteiger partial charge in [0.25, 0.3) is 0 Å². The fraction of sp³-hybridized carbons (Fsp3) is 0.947. The van der Waals surface area contributed by atoms with Gasteiger partial charge in [-0.25, -0.2) is 0 Å². The van der Waals surface area contributed by atoms with Gasteiger partial charge in [-0.2, -0.15) is 0 Å². The fourth-order valence-corrected chi connectivity index (χ4v) is 7.11. The van der Waals surface area contributed by atoms with E-state index >= 15 is 0 Å². The molecule has 0 radical (unpaired) electrons. The van der Waals surface area contributed by atoms with Crippen LogP contribution in [-0.2, 0) is 4.79 Å². The molecule has 8 atom stereocenters. The Morgan fingerprint density at radius 3 is 2.59 bits per heavy atom. The minimum Gasteiger partial charge on any atom is -0.393 e. The van der Waals surface area contributed by atoms with Crippen molar-refractivity contribution in [2.24, 2.45) is 34.5 Å². The lowest BCUT2D eigenvalue weighted by molar-refractivity contribution is -0.153. The number of Topliss-reactive ketones (excluding diaryl/α,β-unsaturated/α-hetero) is 1. The van der Waals surface area contributed by atoms with Gasteiger partial charge in [-0.1, -0.05) is 13.8 Å². The number of rotatable bonds is 0. The van der Waals surface area contributed by atoms with Crippen LogP contribution in [0.2, 0.25) is 0 Å². The first-order chi connectivity index (χ1) is 10.3. The molecule has 4 aliphatic rings. The van der Waals surface area contributed by atoms with Gasteiger partial charge in [0.1, 0.15) is 6.10 Å². The fourth-order valence-electron chi connectivity index (χ4n) is 7.11. The quantitative estimate of drug-likeness (QED) is 0.723. The van der Waals surface area contributed by atoms with Crippen molar-refractivity contribution in [1.29, 1.82) is 0 Å². The van der Waals surface area contributed by atoms with Gasteiger partial charge in [0.15, 0.2) is 5.78 Å². The van der Waals surface area contributed by atoms with Crippen LogP contribution < -0.4 is 0 Å². The molecule has 4 rings (SSSR count). The third-order valence-corrected chi connectivity index (χ3v) is 8.25. The maximum absolute atomic E-state index is 12.2. The van der Waals surface area contributed by atoms with Crippen molar-refractivity contribution < 1.29 is 15.0 Å². The molecule has 0 bridgehead atoms. The average molecular weight is 306 g/mol. The molecular weight excluding hydrogens is 276 g/mol. The highest BCUT2D eigenvalue weighted by Gasteiger charge is 2.60. The van der Waals surface area contributed by atoms with Gasteiger partial charge < -0.3 is 10.2 Å². The van der Waals surface area contributed by atoms with Crippen LogP contribution in [0.3, 0.4) is 0 Å².